The Balaban J connectivity index is 2.08. The lowest BCUT2D eigenvalue weighted by atomic mass is 10.1. The van der Waals surface area contributed by atoms with Gasteiger partial charge in [-0.25, -0.2) is 0 Å². The highest BCUT2D eigenvalue weighted by molar-refractivity contribution is 6.01. The monoisotopic (exact) mass is 324 g/mol. The van der Waals surface area contributed by atoms with Crippen molar-refractivity contribution in [2.45, 2.75) is 6.54 Å². The molecule has 0 radical (unpaired) electrons. The second-order valence-corrected chi connectivity index (χ2v) is 4.94. The second kappa shape index (κ2) is 7.70. The van der Waals surface area contributed by atoms with Crippen LogP contribution in [0.15, 0.2) is 48.0 Å². The number of carbonyl (C=O) groups excluding carboxylic acids is 1. The summed E-state index contributed by atoms with van der Waals surface area (Å²) in [7, 11) is 1.57. The summed E-state index contributed by atoms with van der Waals surface area (Å²) in [6, 6.07) is 12.9. The van der Waals surface area contributed by atoms with Crippen LogP contribution in [0.4, 0.5) is 0 Å². The largest absolute Gasteiger partial charge is 0.508 e. The van der Waals surface area contributed by atoms with Gasteiger partial charge in [0.2, 0.25) is 0 Å². The minimum atomic E-state index is -0.555. The molecule has 24 heavy (non-hydrogen) atoms. The normalized spacial score (nSPS) is 10.8. The average Bonchev–Trinajstić information content (AvgIpc) is 2.59. The maximum atomic E-state index is 12.1. The van der Waals surface area contributed by atoms with Gasteiger partial charge in [0.1, 0.15) is 28.9 Å². The zero-order chi connectivity index (χ0) is 17.5. The summed E-state index contributed by atoms with van der Waals surface area (Å²) in [6.07, 6.45) is 1.26. The standard InChI is InChI=1S/C18H16N2O4/c1-24-16-6-2-12(3-7-16)11-20-18(23)14(10-19)8-13-4-5-15(21)9-17(13)22/h2-9,21-22H,11H2,1H3,(H,20,23)/b14-8-. The van der Waals surface area contributed by atoms with Crippen molar-refractivity contribution in [2.75, 3.05) is 7.11 Å². The number of hydrogen-bond acceptors (Lipinski definition) is 5. The molecule has 3 N–H and O–H groups in total. The number of methoxy groups -OCH3 is 1. The Labute approximate surface area is 139 Å². The van der Waals surface area contributed by atoms with Crippen molar-refractivity contribution in [3.63, 3.8) is 0 Å². The Kier molecular flexibility index (Phi) is 5.42. The van der Waals surface area contributed by atoms with E-state index < -0.39 is 5.91 Å². The fourth-order valence-electron chi connectivity index (χ4n) is 1.98. The molecule has 0 aromatic heterocycles. The number of hydrogen-bond donors (Lipinski definition) is 3. The number of aromatic hydroxyl groups is 2. The topological polar surface area (TPSA) is 103 Å². The molecule has 122 valence electrons. The van der Waals surface area contributed by atoms with Gasteiger partial charge in [0.25, 0.3) is 5.91 Å². The van der Waals surface area contributed by atoms with Crippen molar-refractivity contribution >= 4 is 12.0 Å². The summed E-state index contributed by atoms with van der Waals surface area (Å²) < 4.78 is 5.06. The van der Waals surface area contributed by atoms with Crippen molar-refractivity contribution in [2.24, 2.45) is 0 Å². The Hall–Kier alpha value is -3.46. The second-order valence-electron chi connectivity index (χ2n) is 4.94. The van der Waals surface area contributed by atoms with E-state index in [0.717, 1.165) is 11.6 Å². The van der Waals surface area contributed by atoms with Crippen LogP contribution in [0.25, 0.3) is 6.08 Å². The van der Waals surface area contributed by atoms with Crippen molar-refractivity contribution < 1.29 is 19.7 Å². The SMILES string of the molecule is COc1ccc(CNC(=O)/C(C#N)=C\c2ccc(O)cc2O)cc1. The van der Waals surface area contributed by atoms with Crippen molar-refractivity contribution in [3.8, 4) is 23.3 Å². The first kappa shape index (κ1) is 16.9. The highest BCUT2D eigenvalue weighted by Crippen LogP contribution is 2.24. The van der Waals surface area contributed by atoms with Crippen LogP contribution in [0.2, 0.25) is 0 Å². The number of benzene rings is 2. The lowest BCUT2D eigenvalue weighted by molar-refractivity contribution is -0.117. The third kappa shape index (κ3) is 4.27. The van der Waals surface area contributed by atoms with Crippen LogP contribution in [0.5, 0.6) is 17.2 Å². The maximum Gasteiger partial charge on any atom is 0.262 e. The summed E-state index contributed by atoms with van der Waals surface area (Å²) >= 11 is 0. The van der Waals surface area contributed by atoms with Gasteiger partial charge in [-0.2, -0.15) is 5.26 Å². The molecule has 2 aromatic rings. The minimum absolute atomic E-state index is 0.105. The first-order valence-corrected chi connectivity index (χ1v) is 7.08. The smallest absolute Gasteiger partial charge is 0.262 e. The van der Waals surface area contributed by atoms with Gasteiger partial charge in [0.05, 0.1) is 7.11 Å². The minimum Gasteiger partial charge on any atom is -0.508 e. The number of phenols is 2. The van der Waals surface area contributed by atoms with E-state index in [1.54, 1.807) is 37.4 Å². The lowest BCUT2D eigenvalue weighted by Gasteiger charge is -2.06. The van der Waals surface area contributed by atoms with E-state index in [4.69, 9.17) is 10.00 Å². The number of carbonyl (C=O) groups is 1. The van der Waals surface area contributed by atoms with E-state index in [2.05, 4.69) is 5.32 Å². The van der Waals surface area contributed by atoms with Gasteiger partial charge in [0, 0.05) is 18.2 Å². The van der Waals surface area contributed by atoms with Crippen molar-refractivity contribution in [3.05, 3.63) is 59.2 Å². The Morgan fingerprint density at radius 1 is 1.25 bits per heavy atom. The first-order valence-electron chi connectivity index (χ1n) is 7.08. The molecule has 2 rings (SSSR count). The average molecular weight is 324 g/mol. The molecule has 0 aliphatic rings. The van der Waals surface area contributed by atoms with Crippen molar-refractivity contribution in [1.82, 2.24) is 5.32 Å². The molecule has 0 unspecified atom stereocenters. The highest BCUT2D eigenvalue weighted by atomic mass is 16.5. The van der Waals surface area contributed by atoms with Gasteiger partial charge >= 0.3 is 0 Å². The fraction of sp³-hybridized carbons (Fsp3) is 0.111. The zero-order valence-corrected chi connectivity index (χ0v) is 13.0. The van der Waals surface area contributed by atoms with E-state index in [-0.39, 0.29) is 29.2 Å². The van der Waals surface area contributed by atoms with Gasteiger partial charge < -0.3 is 20.3 Å². The molecule has 0 bridgehead atoms. The van der Waals surface area contributed by atoms with Crippen LogP contribution in [-0.4, -0.2) is 23.2 Å². The Morgan fingerprint density at radius 2 is 1.96 bits per heavy atom. The molecule has 2 aromatic carbocycles. The summed E-state index contributed by atoms with van der Waals surface area (Å²) in [4.78, 5) is 12.1. The molecule has 0 saturated carbocycles. The highest BCUT2D eigenvalue weighted by Gasteiger charge is 2.10. The molecule has 0 spiro atoms. The van der Waals surface area contributed by atoms with Gasteiger partial charge in [-0.3, -0.25) is 4.79 Å². The number of amides is 1. The molecule has 0 saturated heterocycles. The summed E-state index contributed by atoms with van der Waals surface area (Å²) in [5, 5.41) is 30.7. The lowest BCUT2D eigenvalue weighted by Crippen LogP contribution is -2.23. The third-order valence-corrected chi connectivity index (χ3v) is 3.29. The zero-order valence-electron chi connectivity index (χ0n) is 13.0. The molecule has 0 fully saturated rings. The maximum absolute atomic E-state index is 12.1. The van der Waals surface area contributed by atoms with Crippen LogP contribution >= 0.6 is 0 Å². The molecule has 0 aliphatic heterocycles. The first-order chi connectivity index (χ1) is 11.5. The van der Waals surface area contributed by atoms with Crippen LogP contribution in [-0.2, 0) is 11.3 Å². The number of ether oxygens (including phenoxy) is 1. The number of nitriles is 1. The summed E-state index contributed by atoms with van der Waals surface area (Å²) in [6.45, 7) is 0.253. The van der Waals surface area contributed by atoms with E-state index in [1.165, 1.54) is 18.2 Å². The van der Waals surface area contributed by atoms with Crippen LogP contribution in [0, 0.1) is 11.3 Å². The van der Waals surface area contributed by atoms with Gasteiger partial charge in [-0.05, 0) is 35.9 Å². The predicted octanol–water partition coefficient (Wildman–Crippen LogP) is 2.33. The van der Waals surface area contributed by atoms with Crippen molar-refractivity contribution in [1.29, 1.82) is 5.26 Å². The summed E-state index contributed by atoms with van der Waals surface area (Å²) in [5.74, 6) is -0.163. The molecular weight excluding hydrogens is 308 g/mol. The van der Waals surface area contributed by atoms with Gasteiger partial charge in [0.15, 0.2) is 0 Å². The van der Waals surface area contributed by atoms with Gasteiger partial charge in [-0.15, -0.1) is 0 Å². The Bertz CT molecular complexity index is 805. The number of phenolic OH excluding ortho intramolecular Hbond substituents is 2. The quantitative estimate of drug-likeness (QED) is 0.578. The van der Waals surface area contributed by atoms with Crippen LogP contribution < -0.4 is 10.1 Å². The molecule has 0 aliphatic carbocycles. The molecule has 0 atom stereocenters. The number of nitrogens with zero attached hydrogens (tertiary/aromatic N) is 1. The molecule has 6 nitrogen and oxygen atoms in total. The van der Waals surface area contributed by atoms with Crippen LogP contribution in [0.1, 0.15) is 11.1 Å². The summed E-state index contributed by atoms with van der Waals surface area (Å²) in [5.41, 5.74) is 0.974. The van der Waals surface area contributed by atoms with Gasteiger partial charge in [-0.1, -0.05) is 12.1 Å². The molecular formula is C18H16N2O4. The predicted molar refractivity (Wildman–Crippen MR) is 88.2 cm³/mol. The molecule has 1 amide bonds. The third-order valence-electron chi connectivity index (χ3n) is 3.29. The number of rotatable bonds is 5. The number of nitrogens with one attached hydrogen (secondary N) is 1. The van der Waals surface area contributed by atoms with E-state index >= 15 is 0 Å². The van der Waals surface area contributed by atoms with E-state index in [9.17, 15) is 15.0 Å². The van der Waals surface area contributed by atoms with E-state index in [0.29, 0.717) is 5.75 Å². The fourth-order valence-corrected chi connectivity index (χ4v) is 1.98. The molecule has 6 heteroatoms. The van der Waals surface area contributed by atoms with Crippen LogP contribution in [0.3, 0.4) is 0 Å². The van der Waals surface area contributed by atoms with E-state index in [1.807, 2.05) is 0 Å². The Morgan fingerprint density at radius 3 is 2.54 bits per heavy atom. The molecule has 0 heterocycles.